The number of hydrogen-bond donors (Lipinski definition) is 0. The van der Waals surface area contributed by atoms with Gasteiger partial charge in [-0.15, -0.1) is 0 Å². The summed E-state index contributed by atoms with van der Waals surface area (Å²) in [5.41, 5.74) is 4.31. The zero-order chi connectivity index (χ0) is 17.9. The third kappa shape index (κ3) is 10.4. The van der Waals surface area contributed by atoms with Crippen LogP contribution >= 0.6 is 0 Å². The molecule has 1 radical (unpaired) electrons. The van der Waals surface area contributed by atoms with E-state index in [0.717, 1.165) is 19.3 Å². The molecule has 0 aromatic carbocycles. The van der Waals surface area contributed by atoms with Gasteiger partial charge in [-0.1, -0.05) is 60.8 Å². The fraction of sp³-hybridized carbons (Fsp3) is 0.500. The van der Waals surface area contributed by atoms with Crippen molar-refractivity contribution in [2.24, 2.45) is 17.8 Å². The summed E-state index contributed by atoms with van der Waals surface area (Å²) in [7, 11) is 0. The van der Waals surface area contributed by atoms with Gasteiger partial charge in [0.25, 0.3) is 0 Å². The van der Waals surface area contributed by atoms with Crippen LogP contribution in [0.15, 0.2) is 53.2 Å². The van der Waals surface area contributed by atoms with Crippen molar-refractivity contribution in [1.82, 2.24) is 0 Å². The van der Waals surface area contributed by atoms with E-state index in [9.17, 15) is 0 Å². The Balaban J connectivity index is 0.000000339. The smallest absolute Gasteiger partial charge is 0.253 e. The fourth-order valence-corrected chi connectivity index (χ4v) is 2.44. The van der Waals surface area contributed by atoms with Gasteiger partial charge in [-0.25, -0.2) is 36.5 Å². The van der Waals surface area contributed by atoms with Gasteiger partial charge in [0.05, 0.1) is 0 Å². The quantitative estimate of drug-likeness (QED) is 0.375. The molecule has 0 atom stereocenters. The molecule has 141 valence electrons. The molecule has 0 bridgehead atoms. The first kappa shape index (κ1) is 24.7. The molecule has 0 heterocycles. The zero-order valence-electron chi connectivity index (χ0n) is 16.6. The van der Waals surface area contributed by atoms with E-state index in [2.05, 4.69) is 78.0 Å². The van der Waals surface area contributed by atoms with Crippen molar-refractivity contribution in [2.45, 2.75) is 60.8 Å². The molecule has 0 spiro atoms. The summed E-state index contributed by atoms with van der Waals surface area (Å²) in [4.78, 5) is 0. The molecule has 3 rings (SSSR count). The van der Waals surface area contributed by atoms with Crippen LogP contribution in [0.2, 0.25) is 0 Å². The first-order chi connectivity index (χ1) is 11.4. The van der Waals surface area contributed by atoms with Crippen LogP contribution in [0.4, 0.5) is 0 Å². The van der Waals surface area contributed by atoms with Crippen LogP contribution < -0.4 is 0 Å². The van der Waals surface area contributed by atoms with Crippen LogP contribution in [0.3, 0.4) is 0 Å². The second-order valence-electron chi connectivity index (χ2n) is 7.29. The van der Waals surface area contributed by atoms with E-state index in [0.29, 0.717) is 17.8 Å². The van der Waals surface area contributed by atoms with Crippen molar-refractivity contribution < 1.29 is 37.3 Å². The van der Waals surface area contributed by atoms with Crippen LogP contribution in [-0.4, -0.2) is 0 Å². The van der Waals surface area contributed by atoms with Crippen molar-refractivity contribution >= 4 is 0 Å². The molecule has 3 aliphatic carbocycles. The molecule has 25 heavy (non-hydrogen) atoms. The number of allylic oxidation sites excluding steroid dienone is 12. The average Bonchev–Trinajstić information content (AvgIpc) is 3.29. The maximum Gasteiger partial charge on any atom is 3.00 e. The summed E-state index contributed by atoms with van der Waals surface area (Å²) >= 11 is 0. The van der Waals surface area contributed by atoms with E-state index >= 15 is 0 Å². The minimum Gasteiger partial charge on any atom is -0.253 e. The minimum atomic E-state index is 0. The van der Waals surface area contributed by atoms with Crippen LogP contribution in [0.25, 0.3) is 0 Å². The Morgan fingerprint density at radius 2 is 0.800 bits per heavy atom. The summed E-state index contributed by atoms with van der Waals surface area (Å²) in [5, 5.41) is 0. The molecule has 0 aliphatic heterocycles. The standard InChI is InChI=1S/3C8H11.Er/c3*1-7(2)8-5-3-4-6-8;/h3*3-4,7H,5H2,1-2H3;/q3*-1;+3. The Labute approximate surface area is 186 Å². The van der Waals surface area contributed by atoms with Gasteiger partial charge in [0, 0.05) is 0 Å². The largest absolute Gasteiger partial charge is 3.00 e. The SMILES string of the molecule is CC(C)C1=[C-]C=CC1.CC(C)C1=[C-]C=CC1.CC(C)C1=[C-]C=CC1.[Er+3]. The predicted octanol–water partition coefficient (Wildman–Crippen LogP) is 7.00. The summed E-state index contributed by atoms with van der Waals surface area (Å²) in [5.74, 6) is 2.06. The number of rotatable bonds is 3. The normalized spacial score (nSPS) is 16.9. The fourth-order valence-electron chi connectivity index (χ4n) is 2.44. The van der Waals surface area contributed by atoms with Crippen molar-refractivity contribution in [3.8, 4) is 0 Å². The van der Waals surface area contributed by atoms with Crippen LogP contribution in [-0.2, 0) is 0 Å². The third-order valence-corrected chi connectivity index (χ3v) is 4.26. The van der Waals surface area contributed by atoms with Crippen LogP contribution in [0.5, 0.6) is 0 Å². The second kappa shape index (κ2) is 13.8. The predicted molar refractivity (Wildman–Crippen MR) is 106 cm³/mol. The molecule has 0 saturated carbocycles. The van der Waals surface area contributed by atoms with Crippen LogP contribution in [0.1, 0.15) is 60.8 Å². The monoisotopic (exact) mass is 487 g/mol. The van der Waals surface area contributed by atoms with E-state index in [1.165, 1.54) is 16.7 Å². The Hall–Kier alpha value is -0.313. The summed E-state index contributed by atoms with van der Waals surface area (Å²) in [6, 6.07) is 0. The Kier molecular flexibility index (Phi) is 13.7. The molecule has 1 heteroatoms. The molecule has 0 saturated heterocycles. The summed E-state index contributed by atoms with van der Waals surface area (Å²) in [6.45, 7) is 13.2. The summed E-state index contributed by atoms with van der Waals surface area (Å²) < 4.78 is 0. The van der Waals surface area contributed by atoms with E-state index in [4.69, 9.17) is 0 Å². The van der Waals surface area contributed by atoms with Crippen molar-refractivity contribution in [2.75, 3.05) is 0 Å². The topological polar surface area (TPSA) is 0 Å². The molecular weight excluding hydrogens is 456 g/mol. The zero-order valence-corrected chi connectivity index (χ0v) is 18.5. The van der Waals surface area contributed by atoms with Gasteiger partial charge < -0.3 is 0 Å². The maximum atomic E-state index is 3.19. The van der Waals surface area contributed by atoms with Crippen molar-refractivity contribution in [3.05, 3.63) is 71.4 Å². The summed E-state index contributed by atoms with van der Waals surface area (Å²) in [6.07, 6.45) is 25.4. The van der Waals surface area contributed by atoms with Gasteiger partial charge in [0.15, 0.2) is 0 Å². The molecule has 0 unspecified atom stereocenters. The molecule has 0 amide bonds. The van der Waals surface area contributed by atoms with E-state index < -0.39 is 0 Å². The second-order valence-corrected chi connectivity index (χ2v) is 7.29. The minimum absolute atomic E-state index is 0. The Bertz CT molecular complexity index is 468. The molecular formula is C24H33Er. The first-order valence-electron chi connectivity index (χ1n) is 9.23. The van der Waals surface area contributed by atoms with Crippen LogP contribution in [0, 0.1) is 73.3 Å². The third-order valence-electron chi connectivity index (χ3n) is 4.26. The van der Waals surface area contributed by atoms with Gasteiger partial charge >= 0.3 is 37.3 Å². The molecule has 0 aromatic heterocycles. The number of hydrogen-bond acceptors (Lipinski definition) is 0. The van der Waals surface area contributed by atoms with Gasteiger partial charge in [-0.2, -0.15) is 16.7 Å². The Morgan fingerprint density at radius 3 is 0.880 bits per heavy atom. The van der Waals surface area contributed by atoms with Crippen molar-refractivity contribution in [1.29, 1.82) is 0 Å². The van der Waals surface area contributed by atoms with Gasteiger partial charge in [0.2, 0.25) is 0 Å². The van der Waals surface area contributed by atoms with E-state index in [1.807, 2.05) is 18.2 Å². The molecule has 0 fully saturated rings. The molecule has 0 N–H and O–H groups in total. The van der Waals surface area contributed by atoms with Gasteiger partial charge in [0.1, 0.15) is 0 Å². The van der Waals surface area contributed by atoms with Crippen molar-refractivity contribution in [3.63, 3.8) is 0 Å². The maximum absolute atomic E-state index is 3.19. The molecule has 3 aliphatic rings. The van der Waals surface area contributed by atoms with E-state index in [1.54, 1.807) is 0 Å². The Morgan fingerprint density at radius 1 is 0.560 bits per heavy atom. The first-order valence-corrected chi connectivity index (χ1v) is 9.23. The average molecular weight is 489 g/mol. The molecule has 0 nitrogen and oxygen atoms in total. The van der Waals surface area contributed by atoms with Gasteiger partial charge in [-0.3, -0.25) is 18.2 Å². The molecule has 0 aromatic rings. The van der Waals surface area contributed by atoms with E-state index in [-0.39, 0.29) is 37.3 Å². The van der Waals surface area contributed by atoms with Gasteiger partial charge in [-0.05, 0) is 17.8 Å².